The number of anilines is 1. The molecule has 0 aliphatic carbocycles. The van der Waals surface area contributed by atoms with Gasteiger partial charge in [-0.1, -0.05) is 0 Å². The number of ether oxygens (including phenoxy) is 1. The van der Waals surface area contributed by atoms with E-state index < -0.39 is 17.3 Å². The van der Waals surface area contributed by atoms with Crippen LogP contribution in [0, 0.1) is 18.6 Å². The van der Waals surface area contributed by atoms with Gasteiger partial charge in [0.25, 0.3) is 0 Å². The molecule has 0 spiro atoms. The minimum atomic E-state index is -0.658. The number of aryl methyl sites for hydroxylation is 1. The van der Waals surface area contributed by atoms with E-state index >= 15 is 0 Å². The lowest BCUT2D eigenvalue weighted by atomic mass is 10.00. The van der Waals surface area contributed by atoms with E-state index in [4.69, 9.17) is 14.9 Å². The third kappa shape index (κ3) is 3.62. The lowest BCUT2D eigenvalue weighted by Crippen LogP contribution is -2.12. The lowest BCUT2D eigenvalue weighted by molar-refractivity contribution is 0.435. The van der Waals surface area contributed by atoms with E-state index in [2.05, 4.69) is 15.0 Å². The molecule has 9 heteroatoms. The Hall–Kier alpha value is -3.88. The summed E-state index contributed by atoms with van der Waals surface area (Å²) in [4.78, 5) is 23.6. The van der Waals surface area contributed by atoms with Crippen molar-refractivity contribution in [2.75, 3.05) is 5.73 Å². The van der Waals surface area contributed by atoms with E-state index in [-0.39, 0.29) is 29.4 Å². The van der Waals surface area contributed by atoms with Gasteiger partial charge in [0.1, 0.15) is 11.3 Å². The topological polar surface area (TPSA) is 104 Å². The van der Waals surface area contributed by atoms with Crippen molar-refractivity contribution in [2.24, 2.45) is 0 Å². The molecule has 146 valence electrons. The summed E-state index contributed by atoms with van der Waals surface area (Å²) in [6.45, 7) is 1.75. The molecule has 2 N–H and O–H groups in total. The van der Waals surface area contributed by atoms with Crippen molar-refractivity contribution in [1.82, 2.24) is 15.0 Å². The smallest absolute Gasteiger partial charge is 0.340 e. The molecule has 4 aromatic rings. The van der Waals surface area contributed by atoms with E-state index in [1.807, 2.05) is 0 Å². The summed E-state index contributed by atoms with van der Waals surface area (Å²) >= 11 is 0. The highest BCUT2D eigenvalue weighted by atomic mass is 19.1. The van der Waals surface area contributed by atoms with Crippen LogP contribution in [-0.2, 0) is 6.42 Å². The van der Waals surface area contributed by atoms with E-state index in [0.717, 1.165) is 12.4 Å². The van der Waals surface area contributed by atoms with Gasteiger partial charge in [-0.25, -0.2) is 28.5 Å². The average Bonchev–Trinajstić information content (AvgIpc) is 2.70. The summed E-state index contributed by atoms with van der Waals surface area (Å²) < 4.78 is 37.9. The van der Waals surface area contributed by atoms with Crippen LogP contribution in [0.2, 0.25) is 0 Å². The van der Waals surface area contributed by atoms with Gasteiger partial charge in [0.2, 0.25) is 0 Å². The van der Waals surface area contributed by atoms with Crippen LogP contribution in [0.3, 0.4) is 0 Å². The molecule has 0 amide bonds. The maximum absolute atomic E-state index is 14.2. The van der Waals surface area contributed by atoms with Crippen LogP contribution < -0.4 is 16.1 Å². The maximum Gasteiger partial charge on any atom is 0.340 e. The molecular formula is C20H14F2N4O3. The van der Waals surface area contributed by atoms with Crippen molar-refractivity contribution in [2.45, 2.75) is 13.3 Å². The minimum Gasteiger partial charge on any atom is -0.424 e. The average molecular weight is 396 g/mol. The fourth-order valence-corrected chi connectivity index (χ4v) is 2.93. The molecule has 3 heterocycles. The van der Waals surface area contributed by atoms with Gasteiger partial charge in [0.05, 0.1) is 12.4 Å². The highest BCUT2D eigenvalue weighted by molar-refractivity contribution is 5.82. The van der Waals surface area contributed by atoms with E-state index in [9.17, 15) is 13.6 Å². The van der Waals surface area contributed by atoms with Gasteiger partial charge in [-0.3, -0.25) is 0 Å². The highest BCUT2D eigenvalue weighted by Gasteiger charge is 2.16. The summed E-state index contributed by atoms with van der Waals surface area (Å²) in [6, 6.07) is 6.26. The first kappa shape index (κ1) is 18.5. The largest absolute Gasteiger partial charge is 0.424 e. The van der Waals surface area contributed by atoms with E-state index in [0.29, 0.717) is 22.3 Å². The molecule has 0 bridgehead atoms. The molecule has 4 rings (SSSR count). The van der Waals surface area contributed by atoms with Crippen molar-refractivity contribution >= 4 is 16.8 Å². The fourth-order valence-electron chi connectivity index (χ4n) is 2.93. The van der Waals surface area contributed by atoms with Gasteiger partial charge in [-0.2, -0.15) is 0 Å². The number of aromatic nitrogens is 3. The van der Waals surface area contributed by atoms with Crippen LogP contribution in [0.1, 0.15) is 16.7 Å². The predicted octanol–water partition coefficient (Wildman–Crippen LogP) is 3.53. The van der Waals surface area contributed by atoms with Crippen LogP contribution in [-0.4, -0.2) is 15.0 Å². The number of hydrogen-bond acceptors (Lipinski definition) is 7. The second-order valence-corrected chi connectivity index (χ2v) is 6.28. The second kappa shape index (κ2) is 7.27. The first-order valence-corrected chi connectivity index (χ1v) is 8.53. The zero-order chi connectivity index (χ0) is 20.5. The standard InChI is InChI=1S/C20H14F2N4O3/c1-10-14-3-2-13(28-20-25-8-12(21)9-26-20)7-16(14)29-19(27)15(10)6-11-4-5-24-18(23)17(11)22/h2-5,7-9H,6H2,1H3,(H2,23,24). The van der Waals surface area contributed by atoms with Crippen LogP contribution in [0.4, 0.5) is 14.6 Å². The fraction of sp³-hybridized carbons (Fsp3) is 0.100. The number of nitrogens with two attached hydrogens (primary N) is 1. The number of halogens is 2. The number of nitrogen functional groups attached to an aromatic ring is 1. The quantitative estimate of drug-likeness (QED) is 0.526. The zero-order valence-corrected chi connectivity index (χ0v) is 15.1. The molecule has 7 nitrogen and oxygen atoms in total. The Labute approximate surface area is 162 Å². The monoisotopic (exact) mass is 396 g/mol. The lowest BCUT2D eigenvalue weighted by Gasteiger charge is -2.10. The van der Waals surface area contributed by atoms with Crippen LogP contribution >= 0.6 is 0 Å². The van der Waals surface area contributed by atoms with Crippen molar-refractivity contribution in [1.29, 1.82) is 0 Å². The predicted molar refractivity (Wildman–Crippen MR) is 101 cm³/mol. The number of nitrogens with zero attached hydrogens (tertiary/aromatic N) is 3. The molecule has 0 saturated carbocycles. The molecule has 0 atom stereocenters. The summed E-state index contributed by atoms with van der Waals surface area (Å²) in [6.07, 6.45) is 3.35. The minimum absolute atomic E-state index is 0.0182. The Morgan fingerprint density at radius 3 is 2.66 bits per heavy atom. The van der Waals surface area contributed by atoms with Gasteiger partial charge in [-0.15, -0.1) is 0 Å². The van der Waals surface area contributed by atoms with Gasteiger partial charge in [0, 0.05) is 29.6 Å². The molecule has 1 aromatic carbocycles. The van der Waals surface area contributed by atoms with E-state index in [1.165, 1.54) is 18.3 Å². The van der Waals surface area contributed by atoms with Crippen molar-refractivity contribution < 1.29 is 17.9 Å². The molecule has 3 aromatic heterocycles. The second-order valence-electron chi connectivity index (χ2n) is 6.28. The van der Waals surface area contributed by atoms with Crippen LogP contribution in [0.25, 0.3) is 11.0 Å². The summed E-state index contributed by atoms with van der Waals surface area (Å²) in [7, 11) is 0. The normalized spacial score (nSPS) is 11.0. The number of benzene rings is 1. The first-order chi connectivity index (χ1) is 13.9. The molecule has 0 aliphatic rings. The summed E-state index contributed by atoms with van der Waals surface area (Å²) in [5, 5.41) is 0.661. The maximum atomic E-state index is 14.2. The van der Waals surface area contributed by atoms with Crippen molar-refractivity contribution in [3.05, 3.63) is 81.6 Å². The molecule has 0 radical (unpaired) electrons. The molecule has 0 unspecified atom stereocenters. The summed E-state index contributed by atoms with van der Waals surface area (Å²) in [5.74, 6) is -1.16. The molecular weight excluding hydrogens is 382 g/mol. The van der Waals surface area contributed by atoms with Crippen molar-refractivity contribution in [3.63, 3.8) is 0 Å². The van der Waals surface area contributed by atoms with Crippen molar-refractivity contribution in [3.8, 4) is 11.8 Å². The SMILES string of the molecule is Cc1c(Cc2ccnc(N)c2F)c(=O)oc2cc(Oc3ncc(F)cn3)ccc12. The van der Waals surface area contributed by atoms with Gasteiger partial charge in [-0.05, 0) is 36.2 Å². The number of hydrogen-bond donors (Lipinski definition) is 1. The number of fused-ring (bicyclic) bond motifs is 1. The Bertz CT molecular complexity index is 1270. The Morgan fingerprint density at radius 2 is 1.90 bits per heavy atom. The Balaban J connectivity index is 1.71. The molecule has 29 heavy (non-hydrogen) atoms. The van der Waals surface area contributed by atoms with Crippen LogP contribution in [0.5, 0.6) is 11.8 Å². The Morgan fingerprint density at radius 1 is 1.14 bits per heavy atom. The highest BCUT2D eigenvalue weighted by Crippen LogP contribution is 2.27. The number of rotatable bonds is 4. The molecule has 0 aliphatic heterocycles. The zero-order valence-electron chi connectivity index (χ0n) is 15.1. The third-order valence-electron chi connectivity index (χ3n) is 4.43. The van der Waals surface area contributed by atoms with Gasteiger partial charge in [0.15, 0.2) is 17.5 Å². The first-order valence-electron chi connectivity index (χ1n) is 8.53. The Kier molecular flexibility index (Phi) is 4.63. The number of pyridine rings is 1. The summed E-state index contributed by atoms with van der Waals surface area (Å²) in [5.41, 5.74) is 6.40. The molecule has 0 saturated heterocycles. The molecule has 0 fully saturated rings. The third-order valence-corrected chi connectivity index (χ3v) is 4.43. The van der Waals surface area contributed by atoms with Crippen LogP contribution in [0.15, 0.2) is 52.1 Å². The van der Waals surface area contributed by atoms with Gasteiger partial charge < -0.3 is 14.9 Å². The van der Waals surface area contributed by atoms with Gasteiger partial charge >= 0.3 is 11.6 Å². The van der Waals surface area contributed by atoms with E-state index in [1.54, 1.807) is 19.1 Å².